The van der Waals surface area contributed by atoms with Crippen LogP contribution in [0.3, 0.4) is 0 Å². The third kappa shape index (κ3) is 3.90. The van der Waals surface area contributed by atoms with Crippen LogP contribution in [0, 0.1) is 13.8 Å². The Morgan fingerprint density at radius 1 is 1.21 bits per heavy atom. The molecule has 0 bridgehead atoms. The maximum atomic E-state index is 12.4. The first kappa shape index (κ1) is 14.7. The topological polar surface area (TPSA) is 29.1 Å². The molecule has 3 heteroatoms. The Labute approximate surface area is 119 Å². The van der Waals surface area contributed by atoms with Crippen LogP contribution in [0.15, 0.2) is 18.2 Å². The molecular weight excluding hydrogens is 254 g/mol. The van der Waals surface area contributed by atoms with Gasteiger partial charge in [-0.1, -0.05) is 42.2 Å². The summed E-state index contributed by atoms with van der Waals surface area (Å²) < 4.78 is 12.4. The van der Waals surface area contributed by atoms with Crippen molar-refractivity contribution in [2.24, 2.45) is 0 Å². The Morgan fingerprint density at radius 3 is 2.32 bits per heavy atom. The van der Waals surface area contributed by atoms with Gasteiger partial charge >= 0.3 is 0 Å². The summed E-state index contributed by atoms with van der Waals surface area (Å²) >= 11 is 0. The lowest BCUT2D eigenvalue weighted by molar-refractivity contribution is 0.626. The molecule has 2 nitrogen and oxygen atoms in total. The minimum absolute atomic E-state index is 0.208. The summed E-state index contributed by atoms with van der Waals surface area (Å²) in [6.07, 6.45) is 4.81. The van der Waals surface area contributed by atoms with Crippen LogP contribution in [-0.2, 0) is 10.8 Å². The lowest BCUT2D eigenvalue weighted by atomic mass is 10.0. The Morgan fingerprint density at radius 2 is 1.79 bits per heavy atom. The van der Waals surface area contributed by atoms with E-state index >= 15 is 0 Å². The number of rotatable bonds is 5. The third-order valence-electron chi connectivity index (χ3n) is 4.00. The Hall–Kier alpha value is -0.670. The molecule has 0 heterocycles. The first-order chi connectivity index (χ1) is 9.10. The number of benzene rings is 1. The highest BCUT2D eigenvalue weighted by molar-refractivity contribution is 7.85. The van der Waals surface area contributed by atoms with Crippen LogP contribution in [0.5, 0.6) is 0 Å². The predicted octanol–water partition coefficient (Wildman–Crippen LogP) is 3.26. The minimum Gasteiger partial charge on any atom is -0.312 e. The summed E-state index contributed by atoms with van der Waals surface area (Å²) in [6.45, 7) is 4.24. The van der Waals surface area contributed by atoms with E-state index in [0.29, 0.717) is 5.25 Å². The molecule has 19 heavy (non-hydrogen) atoms. The van der Waals surface area contributed by atoms with Crippen molar-refractivity contribution in [3.63, 3.8) is 0 Å². The maximum Gasteiger partial charge on any atom is 0.0434 e. The van der Waals surface area contributed by atoms with E-state index in [1.165, 1.54) is 29.5 Å². The molecule has 1 N–H and O–H groups in total. The molecule has 2 unspecified atom stereocenters. The minimum atomic E-state index is -0.702. The third-order valence-corrected chi connectivity index (χ3v) is 5.88. The van der Waals surface area contributed by atoms with Gasteiger partial charge in [-0.3, -0.25) is 4.21 Å². The van der Waals surface area contributed by atoms with Gasteiger partial charge in [0.25, 0.3) is 0 Å². The lowest BCUT2D eigenvalue weighted by Gasteiger charge is -2.19. The molecule has 1 aromatic rings. The van der Waals surface area contributed by atoms with Crippen molar-refractivity contribution < 1.29 is 4.21 Å². The van der Waals surface area contributed by atoms with Gasteiger partial charge < -0.3 is 5.32 Å². The van der Waals surface area contributed by atoms with Gasteiger partial charge in [0.2, 0.25) is 0 Å². The molecule has 1 saturated carbocycles. The Kier molecular flexibility index (Phi) is 5.17. The molecule has 0 aliphatic heterocycles. The number of nitrogens with one attached hydrogen (secondary N) is 1. The molecule has 1 fully saturated rings. The van der Waals surface area contributed by atoms with Gasteiger partial charge in [0, 0.05) is 27.8 Å². The average molecular weight is 279 g/mol. The molecular formula is C16H25NOS. The summed E-state index contributed by atoms with van der Waals surface area (Å²) in [6, 6.07) is 6.81. The van der Waals surface area contributed by atoms with Crippen LogP contribution >= 0.6 is 0 Å². The van der Waals surface area contributed by atoms with Crippen molar-refractivity contribution >= 4 is 10.8 Å². The van der Waals surface area contributed by atoms with Crippen LogP contribution in [0.25, 0.3) is 0 Å². The van der Waals surface area contributed by atoms with E-state index < -0.39 is 10.8 Å². The van der Waals surface area contributed by atoms with Crippen molar-refractivity contribution in [3.05, 3.63) is 34.9 Å². The maximum absolute atomic E-state index is 12.4. The number of hydrogen-bond donors (Lipinski definition) is 1. The zero-order chi connectivity index (χ0) is 13.8. The van der Waals surface area contributed by atoms with E-state index in [0.717, 1.165) is 18.6 Å². The summed E-state index contributed by atoms with van der Waals surface area (Å²) in [7, 11) is 1.26. The van der Waals surface area contributed by atoms with Crippen LogP contribution in [0.4, 0.5) is 0 Å². The van der Waals surface area contributed by atoms with Crippen molar-refractivity contribution in [1.29, 1.82) is 0 Å². The lowest BCUT2D eigenvalue weighted by Crippen LogP contribution is -2.26. The van der Waals surface area contributed by atoms with Gasteiger partial charge in [0.1, 0.15) is 0 Å². The molecule has 0 radical (unpaired) electrons. The van der Waals surface area contributed by atoms with Gasteiger partial charge in [0.15, 0.2) is 0 Å². The highest BCUT2D eigenvalue weighted by Crippen LogP contribution is 2.26. The Bertz CT molecular complexity index is 432. The molecule has 0 aromatic heterocycles. The molecule has 2 atom stereocenters. The van der Waals surface area contributed by atoms with Crippen molar-refractivity contribution in [2.45, 2.75) is 50.8 Å². The standard InChI is InChI=1S/C16H25NOS/c1-12-8-13(2)10-14(9-12)16(17-3)11-19(18)15-6-4-5-7-15/h8-10,15-17H,4-7,11H2,1-3H3. The number of hydrogen-bond acceptors (Lipinski definition) is 2. The molecule has 0 spiro atoms. The van der Waals surface area contributed by atoms with Gasteiger partial charge in [-0.15, -0.1) is 0 Å². The van der Waals surface area contributed by atoms with E-state index in [2.05, 4.69) is 37.4 Å². The molecule has 106 valence electrons. The van der Waals surface area contributed by atoms with E-state index in [1.54, 1.807) is 0 Å². The summed E-state index contributed by atoms with van der Waals surface area (Å²) in [5.41, 5.74) is 3.83. The van der Waals surface area contributed by atoms with Crippen molar-refractivity contribution in [1.82, 2.24) is 5.32 Å². The zero-order valence-corrected chi connectivity index (χ0v) is 13.1. The highest BCUT2D eigenvalue weighted by atomic mass is 32.2. The fraction of sp³-hybridized carbons (Fsp3) is 0.625. The summed E-state index contributed by atoms with van der Waals surface area (Å²) in [5, 5.41) is 3.77. The van der Waals surface area contributed by atoms with E-state index in [1.807, 2.05) is 7.05 Å². The first-order valence-electron chi connectivity index (χ1n) is 7.23. The predicted molar refractivity (Wildman–Crippen MR) is 83.0 cm³/mol. The summed E-state index contributed by atoms with van der Waals surface area (Å²) in [5.74, 6) is 0.740. The fourth-order valence-electron chi connectivity index (χ4n) is 3.01. The summed E-state index contributed by atoms with van der Waals surface area (Å²) in [4.78, 5) is 0. The molecule has 1 aliphatic rings. The largest absolute Gasteiger partial charge is 0.312 e. The quantitative estimate of drug-likeness (QED) is 0.896. The van der Waals surface area contributed by atoms with Gasteiger partial charge in [-0.25, -0.2) is 0 Å². The second kappa shape index (κ2) is 6.67. The van der Waals surface area contributed by atoms with Crippen LogP contribution < -0.4 is 5.32 Å². The van der Waals surface area contributed by atoms with E-state index in [-0.39, 0.29) is 6.04 Å². The number of aryl methyl sites for hydroxylation is 2. The average Bonchev–Trinajstić information content (AvgIpc) is 2.88. The van der Waals surface area contributed by atoms with E-state index in [9.17, 15) is 4.21 Å². The molecule has 0 saturated heterocycles. The van der Waals surface area contributed by atoms with Crippen LogP contribution in [-0.4, -0.2) is 22.3 Å². The Balaban J connectivity index is 2.08. The van der Waals surface area contributed by atoms with E-state index in [4.69, 9.17) is 0 Å². The molecule has 0 amide bonds. The smallest absolute Gasteiger partial charge is 0.0434 e. The molecule has 1 aromatic carbocycles. The first-order valence-corrected chi connectivity index (χ1v) is 8.61. The fourth-order valence-corrected chi connectivity index (χ4v) is 4.83. The normalized spacial score (nSPS) is 19.5. The molecule has 1 aliphatic carbocycles. The van der Waals surface area contributed by atoms with Crippen LogP contribution in [0.2, 0.25) is 0 Å². The van der Waals surface area contributed by atoms with Gasteiger partial charge in [-0.2, -0.15) is 0 Å². The highest BCUT2D eigenvalue weighted by Gasteiger charge is 2.24. The van der Waals surface area contributed by atoms with Crippen molar-refractivity contribution in [2.75, 3.05) is 12.8 Å². The van der Waals surface area contributed by atoms with Gasteiger partial charge in [0.05, 0.1) is 0 Å². The zero-order valence-electron chi connectivity index (χ0n) is 12.2. The van der Waals surface area contributed by atoms with Crippen molar-refractivity contribution in [3.8, 4) is 0 Å². The SMILES string of the molecule is CNC(CS(=O)C1CCCC1)c1cc(C)cc(C)c1. The second-order valence-electron chi connectivity index (χ2n) is 5.72. The monoisotopic (exact) mass is 279 g/mol. The second-order valence-corrected chi connectivity index (χ2v) is 7.48. The van der Waals surface area contributed by atoms with Crippen LogP contribution in [0.1, 0.15) is 48.4 Å². The van der Waals surface area contributed by atoms with Gasteiger partial charge in [-0.05, 0) is 39.3 Å². The molecule has 2 rings (SSSR count).